The molecule has 0 N–H and O–H groups in total. The van der Waals surface area contributed by atoms with Gasteiger partial charge in [-0.1, -0.05) is 42.5 Å². The van der Waals surface area contributed by atoms with E-state index < -0.39 is 16.2 Å². The van der Waals surface area contributed by atoms with E-state index in [-0.39, 0.29) is 17.0 Å². The second kappa shape index (κ2) is 6.46. The highest BCUT2D eigenvalue weighted by Crippen LogP contribution is 2.25. The average molecular weight is 345 g/mol. The minimum absolute atomic E-state index is 0.0795. The molecule has 0 amide bonds. The highest BCUT2D eigenvalue weighted by Gasteiger charge is 2.21. The van der Waals surface area contributed by atoms with Crippen molar-refractivity contribution < 1.29 is 22.1 Å². The summed E-state index contributed by atoms with van der Waals surface area (Å²) in [5.74, 6) is 0. The maximum atomic E-state index is 12.4. The minimum atomic E-state index is -3.95. The number of hydrogen-bond acceptors (Lipinski definition) is 5. The zero-order chi connectivity index (χ0) is 17.2. The standard InChI is InChI=1S/C17H15NO5S/c1-22-24(20,21)15-9-5-8-14-10-11-18(16(14)15)17(19)23-12-13-6-3-2-4-7-13/h2-11H,12H2,1H3. The molecule has 3 rings (SSSR count). The Kier molecular flexibility index (Phi) is 4.37. The van der Waals surface area contributed by atoms with Crippen molar-refractivity contribution in [3.8, 4) is 0 Å². The van der Waals surface area contributed by atoms with Gasteiger partial charge in [-0.3, -0.25) is 8.75 Å². The van der Waals surface area contributed by atoms with Crippen LogP contribution in [-0.4, -0.2) is 26.2 Å². The van der Waals surface area contributed by atoms with E-state index in [0.717, 1.165) is 12.7 Å². The Labute approximate surface area is 139 Å². The smallest absolute Gasteiger partial charge is 0.418 e. The maximum absolute atomic E-state index is 12.4. The molecule has 0 saturated carbocycles. The predicted molar refractivity (Wildman–Crippen MR) is 88.2 cm³/mol. The number of para-hydroxylation sites is 1. The molecule has 7 heteroatoms. The van der Waals surface area contributed by atoms with Crippen LogP contribution in [0.5, 0.6) is 0 Å². The number of benzene rings is 2. The van der Waals surface area contributed by atoms with Crippen molar-refractivity contribution in [1.29, 1.82) is 0 Å². The third-order valence-corrected chi connectivity index (χ3v) is 4.87. The molecule has 0 atom stereocenters. The first-order chi connectivity index (χ1) is 11.5. The van der Waals surface area contributed by atoms with Crippen molar-refractivity contribution in [3.05, 3.63) is 66.4 Å². The van der Waals surface area contributed by atoms with E-state index in [4.69, 9.17) is 4.74 Å². The van der Waals surface area contributed by atoms with Crippen LogP contribution < -0.4 is 0 Å². The van der Waals surface area contributed by atoms with Gasteiger partial charge in [-0.05, 0) is 17.7 Å². The van der Waals surface area contributed by atoms with Gasteiger partial charge >= 0.3 is 6.09 Å². The third kappa shape index (κ3) is 3.04. The Bertz CT molecular complexity index is 977. The summed E-state index contributed by atoms with van der Waals surface area (Å²) in [6.45, 7) is 0.0958. The second-order valence-corrected chi connectivity index (χ2v) is 6.72. The predicted octanol–water partition coefficient (Wildman–Crippen LogP) is 3.16. The molecule has 24 heavy (non-hydrogen) atoms. The molecule has 0 radical (unpaired) electrons. The topological polar surface area (TPSA) is 74.6 Å². The maximum Gasteiger partial charge on any atom is 0.418 e. The lowest BCUT2D eigenvalue weighted by molar-refractivity contribution is 0.142. The molecule has 1 heterocycles. The molecule has 0 saturated heterocycles. The van der Waals surface area contributed by atoms with Gasteiger partial charge < -0.3 is 4.74 Å². The normalized spacial score (nSPS) is 11.5. The molecule has 2 aromatic carbocycles. The van der Waals surface area contributed by atoms with Crippen molar-refractivity contribution in [3.63, 3.8) is 0 Å². The van der Waals surface area contributed by atoms with E-state index in [1.807, 2.05) is 30.3 Å². The fourth-order valence-electron chi connectivity index (χ4n) is 2.39. The molecule has 0 aliphatic carbocycles. The summed E-state index contributed by atoms with van der Waals surface area (Å²) >= 11 is 0. The summed E-state index contributed by atoms with van der Waals surface area (Å²) in [6, 6.07) is 15.6. The molecule has 0 spiro atoms. The van der Waals surface area contributed by atoms with E-state index in [1.54, 1.807) is 18.2 Å². The van der Waals surface area contributed by atoms with Crippen molar-refractivity contribution in [2.75, 3.05) is 7.11 Å². The van der Waals surface area contributed by atoms with Gasteiger partial charge in [0.05, 0.1) is 12.6 Å². The molecule has 0 bridgehead atoms. The summed E-state index contributed by atoms with van der Waals surface area (Å²) in [4.78, 5) is 12.3. The number of fused-ring (bicyclic) bond motifs is 1. The third-order valence-electron chi connectivity index (χ3n) is 3.56. The van der Waals surface area contributed by atoms with Crippen LogP contribution in [0.4, 0.5) is 4.79 Å². The van der Waals surface area contributed by atoms with Gasteiger partial charge in [0.2, 0.25) is 0 Å². The van der Waals surface area contributed by atoms with Crippen LogP contribution in [0, 0.1) is 0 Å². The van der Waals surface area contributed by atoms with Gasteiger partial charge in [-0.25, -0.2) is 4.79 Å². The van der Waals surface area contributed by atoms with Crippen molar-refractivity contribution >= 4 is 27.1 Å². The minimum Gasteiger partial charge on any atom is -0.444 e. The fourth-order valence-corrected chi connectivity index (χ4v) is 3.27. The van der Waals surface area contributed by atoms with Crippen LogP contribution in [-0.2, 0) is 25.6 Å². The first-order valence-corrected chi connectivity index (χ1v) is 8.55. The largest absolute Gasteiger partial charge is 0.444 e. The Morgan fingerprint density at radius 3 is 2.50 bits per heavy atom. The SMILES string of the molecule is COS(=O)(=O)c1cccc2ccn(C(=O)OCc3ccccc3)c12. The lowest BCUT2D eigenvalue weighted by Crippen LogP contribution is -2.14. The van der Waals surface area contributed by atoms with Crippen molar-refractivity contribution in [2.45, 2.75) is 11.5 Å². The van der Waals surface area contributed by atoms with Gasteiger partial charge in [0.25, 0.3) is 10.1 Å². The molecule has 124 valence electrons. The van der Waals surface area contributed by atoms with E-state index in [2.05, 4.69) is 4.18 Å². The quantitative estimate of drug-likeness (QED) is 0.679. The van der Waals surface area contributed by atoms with Crippen molar-refractivity contribution in [1.82, 2.24) is 4.57 Å². The molecule has 0 aliphatic rings. The Morgan fingerprint density at radius 1 is 1.04 bits per heavy atom. The summed E-state index contributed by atoms with van der Waals surface area (Å²) in [6.07, 6.45) is 0.819. The fraction of sp³-hybridized carbons (Fsp3) is 0.118. The summed E-state index contributed by atoms with van der Waals surface area (Å²) in [7, 11) is -2.87. The number of carbonyl (C=O) groups is 1. The molecular formula is C17H15NO5S. The van der Waals surface area contributed by atoms with Crippen LogP contribution in [0.25, 0.3) is 10.9 Å². The van der Waals surface area contributed by atoms with Crippen LogP contribution in [0.1, 0.15) is 5.56 Å². The van der Waals surface area contributed by atoms with E-state index in [9.17, 15) is 13.2 Å². The monoisotopic (exact) mass is 345 g/mol. The molecule has 0 unspecified atom stereocenters. The molecule has 3 aromatic rings. The zero-order valence-electron chi connectivity index (χ0n) is 12.9. The van der Waals surface area contributed by atoms with Crippen molar-refractivity contribution in [2.24, 2.45) is 0 Å². The van der Waals surface area contributed by atoms with E-state index in [1.165, 1.54) is 16.8 Å². The molecule has 0 aliphatic heterocycles. The number of aromatic nitrogens is 1. The Balaban J connectivity index is 1.96. The average Bonchev–Trinajstić information content (AvgIpc) is 3.04. The number of rotatable bonds is 4. The lowest BCUT2D eigenvalue weighted by atomic mass is 10.2. The van der Waals surface area contributed by atoms with Gasteiger partial charge in [0, 0.05) is 11.6 Å². The first kappa shape index (κ1) is 16.2. The molecule has 0 fully saturated rings. The lowest BCUT2D eigenvalue weighted by Gasteiger charge is -2.09. The molecular weight excluding hydrogens is 330 g/mol. The highest BCUT2D eigenvalue weighted by molar-refractivity contribution is 7.87. The summed E-state index contributed by atoms with van der Waals surface area (Å²) < 4.78 is 35.2. The summed E-state index contributed by atoms with van der Waals surface area (Å²) in [5.41, 5.74) is 1.07. The van der Waals surface area contributed by atoms with Gasteiger partial charge in [-0.2, -0.15) is 8.42 Å². The number of nitrogens with zero attached hydrogens (tertiary/aromatic N) is 1. The highest BCUT2D eigenvalue weighted by atomic mass is 32.2. The molecule has 1 aromatic heterocycles. The Hall–Kier alpha value is -2.64. The van der Waals surface area contributed by atoms with E-state index >= 15 is 0 Å². The van der Waals surface area contributed by atoms with Gasteiger partial charge in [-0.15, -0.1) is 0 Å². The number of ether oxygens (including phenoxy) is 1. The molecule has 6 nitrogen and oxygen atoms in total. The first-order valence-electron chi connectivity index (χ1n) is 7.14. The number of hydrogen-bond donors (Lipinski definition) is 0. The van der Waals surface area contributed by atoms with Crippen LogP contribution in [0.2, 0.25) is 0 Å². The van der Waals surface area contributed by atoms with E-state index in [0.29, 0.717) is 5.39 Å². The summed E-state index contributed by atoms with van der Waals surface area (Å²) in [5, 5.41) is 0.602. The van der Waals surface area contributed by atoms with Gasteiger partial charge in [0.15, 0.2) is 0 Å². The second-order valence-electron chi connectivity index (χ2n) is 5.04. The van der Waals surface area contributed by atoms with Gasteiger partial charge in [0.1, 0.15) is 11.5 Å². The van der Waals surface area contributed by atoms with Crippen LogP contribution in [0.15, 0.2) is 65.7 Å². The zero-order valence-corrected chi connectivity index (χ0v) is 13.7. The number of carbonyl (C=O) groups excluding carboxylic acids is 1. The van der Waals surface area contributed by atoms with Crippen LogP contribution in [0.3, 0.4) is 0 Å². The Morgan fingerprint density at radius 2 is 1.79 bits per heavy atom. The van der Waals surface area contributed by atoms with Crippen LogP contribution >= 0.6 is 0 Å².